The Kier molecular flexibility index (Phi) is 5.68. The Bertz CT molecular complexity index is 758. The molecule has 1 saturated heterocycles. The van der Waals surface area contributed by atoms with E-state index in [0.29, 0.717) is 24.3 Å². The Morgan fingerprint density at radius 3 is 2.54 bits per heavy atom. The number of carbonyl (C=O) groups excluding carboxylic acids is 2. The number of carbonyl (C=O) groups is 2. The van der Waals surface area contributed by atoms with Gasteiger partial charge in [0.2, 0.25) is 0 Å². The molecule has 0 atom stereocenters. The number of nitrogens with one attached hydrogen (secondary N) is 1. The van der Waals surface area contributed by atoms with E-state index < -0.39 is 6.09 Å². The average molecular weight is 354 g/mol. The number of ether oxygens (including phenoxy) is 1. The highest BCUT2D eigenvalue weighted by Crippen LogP contribution is 2.17. The molecule has 7 heteroatoms. The van der Waals surface area contributed by atoms with Gasteiger partial charge in [-0.2, -0.15) is 0 Å². The van der Waals surface area contributed by atoms with Crippen LogP contribution in [0.5, 0.6) is 0 Å². The zero-order valence-corrected chi connectivity index (χ0v) is 14.7. The molecule has 0 aliphatic carbocycles. The molecule has 1 N–H and O–H groups in total. The first kappa shape index (κ1) is 17.7. The van der Waals surface area contributed by atoms with Gasteiger partial charge in [0.05, 0.1) is 19.3 Å². The number of aromatic nitrogens is 1. The van der Waals surface area contributed by atoms with Crippen molar-refractivity contribution in [2.45, 2.75) is 6.54 Å². The van der Waals surface area contributed by atoms with Crippen LogP contribution < -0.4 is 10.2 Å². The van der Waals surface area contributed by atoms with E-state index in [1.807, 2.05) is 23.1 Å². The number of hydrogen-bond donors (Lipinski definition) is 1. The van der Waals surface area contributed by atoms with Gasteiger partial charge in [-0.15, -0.1) is 0 Å². The highest BCUT2D eigenvalue weighted by Gasteiger charge is 2.22. The summed E-state index contributed by atoms with van der Waals surface area (Å²) in [5, 5.41) is 2.56. The number of rotatable bonds is 4. The molecule has 0 saturated carbocycles. The third-order valence-corrected chi connectivity index (χ3v) is 4.35. The second-order valence-corrected chi connectivity index (χ2v) is 6.00. The first-order valence-electron chi connectivity index (χ1n) is 8.53. The third-order valence-electron chi connectivity index (χ3n) is 4.35. The number of nitrogens with zero attached hydrogens (tertiary/aromatic N) is 3. The topological polar surface area (TPSA) is 74.8 Å². The summed E-state index contributed by atoms with van der Waals surface area (Å²) in [6.45, 7) is 3.17. The summed E-state index contributed by atoms with van der Waals surface area (Å²) in [6, 6.07) is 13.6. The second-order valence-electron chi connectivity index (χ2n) is 6.00. The van der Waals surface area contributed by atoms with E-state index in [2.05, 4.69) is 32.1 Å². The average Bonchev–Trinajstić information content (AvgIpc) is 2.72. The highest BCUT2D eigenvalue weighted by atomic mass is 16.5. The van der Waals surface area contributed by atoms with Gasteiger partial charge in [0.25, 0.3) is 5.91 Å². The summed E-state index contributed by atoms with van der Waals surface area (Å²) in [5.74, 6) is -0.0144. The lowest BCUT2D eigenvalue weighted by atomic mass is 10.1. The van der Waals surface area contributed by atoms with Crippen LogP contribution in [-0.2, 0) is 11.3 Å². The molecular formula is C19H22N4O3. The van der Waals surface area contributed by atoms with E-state index in [9.17, 15) is 9.59 Å². The fourth-order valence-electron chi connectivity index (χ4n) is 2.93. The molecule has 1 aliphatic heterocycles. The van der Waals surface area contributed by atoms with Gasteiger partial charge < -0.3 is 19.9 Å². The quantitative estimate of drug-likeness (QED) is 0.908. The van der Waals surface area contributed by atoms with Gasteiger partial charge in [-0.3, -0.25) is 9.78 Å². The minimum atomic E-state index is -0.527. The Morgan fingerprint density at radius 1 is 1.12 bits per heavy atom. The van der Waals surface area contributed by atoms with Gasteiger partial charge >= 0.3 is 6.09 Å². The van der Waals surface area contributed by atoms with E-state index in [1.54, 1.807) is 18.3 Å². The monoisotopic (exact) mass is 354 g/mol. The third kappa shape index (κ3) is 4.30. The maximum Gasteiger partial charge on any atom is 0.407 e. The largest absolute Gasteiger partial charge is 0.453 e. The van der Waals surface area contributed by atoms with Gasteiger partial charge in [0, 0.05) is 43.6 Å². The molecular weight excluding hydrogens is 332 g/mol. The van der Waals surface area contributed by atoms with Crippen LogP contribution in [0.3, 0.4) is 0 Å². The number of pyridine rings is 1. The van der Waals surface area contributed by atoms with E-state index >= 15 is 0 Å². The van der Waals surface area contributed by atoms with Crippen molar-refractivity contribution in [1.29, 1.82) is 0 Å². The van der Waals surface area contributed by atoms with E-state index in [4.69, 9.17) is 0 Å². The fraction of sp³-hybridized carbons (Fsp3) is 0.316. The van der Waals surface area contributed by atoms with Crippen LogP contribution in [0, 0.1) is 0 Å². The smallest absolute Gasteiger partial charge is 0.407 e. The van der Waals surface area contributed by atoms with E-state index in [0.717, 1.165) is 13.1 Å². The summed E-state index contributed by atoms with van der Waals surface area (Å²) in [7, 11) is 1.30. The van der Waals surface area contributed by atoms with Crippen molar-refractivity contribution in [3.63, 3.8) is 0 Å². The van der Waals surface area contributed by atoms with Crippen LogP contribution in [0.1, 0.15) is 16.1 Å². The molecule has 3 rings (SSSR count). The molecule has 2 aromatic rings. The van der Waals surface area contributed by atoms with Crippen LogP contribution in [0.4, 0.5) is 10.5 Å². The zero-order chi connectivity index (χ0) is 18.4. The number of anilines is 1. The number of hydrogen-bond acceptors (Lipinski definition) is 5. The van der Waals surface area contributed by atoms with Crippen molar-refractivity contribution in [1.82, 2.24) is 15.2 Å². The second kappa shape index (κ2) is 8.33. The normalized spacial score (nSPS) is 14.0. The highest BCUT2D eigenvalue weighted by molar-refractivity contribution is 5.94. The predicted molar refractivity (Wildman–Crippen MR) is 98.0 cm³/mol. The molecule has 1 aromatic heterocycles. The van der Waals surface area contributed by atoms with Gasteiger partial charge in [0.1, 0.15) is 0 Å². The maximum absolute atomic E-state index is 12.8. The summed E-state index contributed by atoms with van der Waals surface area (Å²) in [6.07, 6.45) is 1.06. The molecule has 1 fully saturated rings. The molecule has 0 radical (unpaired) electrons. The molecule has 0 bridgehead atoms. The molecule has 1 aliphatic rings. The Hall–Kier alpha value is -3.09. The first-order chi connectivity index (χ1) is 12.7. The van der Waals surface area contributed by atoms with Crippen LogP contribution in [0.15, 0.2) is 48.7 Å². The van der Waals surface area contributed by atoms with Crippen LogP contribution >= 0.6 is 0 Å². The standard InChI is InChI=1S/C19H22N4O3/c1-26-19(25)21-14-16-13-15(7-8-20-16)18(24)23-11-9-22(10-12-23)17-5-3-2-4-6-17/h2-8,13H,9-12,14H2,1H3,(H,21,25). The van der Waals surface area contributed by atoms with Gasteiger partial charge in [-0.05, 0) is 24.3 Å². The van der Waals surface area contributed by atoms with E-state index in [-0.39, 0.29) is 12.5 Å². The number of alkyl carbamates (subject to hydrolysis) is 1. The lowest BCUT2D eigenvalue weighted by Crippen LogP contribution is -2.48. The summed E-state index contributed by atoms with van der Waals surface area (Å²) in [5.41, 5.74) is 2.37. The molecule has 26 heavy (non-hydrogen) atoms. The molecule has 2 heterocycles. The number of amides is 2. The molecule has 0 unspecified atom stereocenters. The Balaban J connectivity index is 1.59. The molecule has 1 aromatic carbocycles. The van der Waals surface area contributed by atoms with Crippen LogP contribution in [-0.4, -0.2) is 55.2 Å². The van der Waals surface area contributed by atoms with Gasteiger partial charge in [0.15, 0.2) is 0 Å². The van der Waals surface area contributed by atoms with Crippen molar-refractivity contribution in [2.75, 3.05) is 38.2 Å². The van der Waals surface area contributed by atoms with Crippen molar-refractivity contribution >= 4 is 17.7 Å². The molecule has 136 valence electrons. The Morgan fingerprint density at radius 2 is 1.85 bits per heavy atom. The lowest BCUT2D eigenvalue weighted by Gasteiger charge is -2.36. The van der Waals surface area contributed by atoms with Crippen LogP contribution in [0.2, 0.25) is 0 Å². The van der Waals surface area contributed by atoms with Crippen molar-refractivity contribution in [3.8, 4) is 0 Å². The van der Waals surface area contributed by atoms with Crippen LogP contribution in [0.25, 0.3) is 0 Å². The molecule has 2 amide bonds. The fourth-order valence-corrected chi connectivity index (χ4v) is 2.93. The van der Waals surface area contributed by atoms with Gasteiger partial charge in [-0.1, -0.05) is 18.2 Å². The predicted octanol–water partition coefficient (Wildman–Crippen LogP) is 1.90. The number of methoxy groups -OCH3 is 1. The number of para-hydroxylation sites is 1. The summed E-state index contributed by atoms with van der Waals surface area (Å²) in [4.78, 5) is 32.2. The SMILES string of the molecule is COC(=O)NCc1cc(C(=O)N2CCN(c3ccccc3)CC2)ccn1. The zero-order valence-electron chi connectivity index (χ0n) is 14.7. The lowest BCUT2D eigenvalue weighted by molar-refractivity contribution is 0.0746. The van der Waals surface area contributed by atoms with Crippen molar-refractivity contribution in [2.24, 2.45) is 0 Å². The Labute approximate surface area is 152 Å². The maximum atomic E-state index is 12.8. The molecule has 7 nitrogen and oxygen atoms in total. The summed E-state index contributed by atoms with van der Waals surface area (Å²) < 4.78 is 4.53. The molecule has 0 spiro atoms. The minimum absolute atomic E-state index is 0.0144. The number of benzene rings is 1. The summed E-state index contributed by atoms with van der Waals surface area (Å²) >= 11 is 0. The van der Waals surface area contributed by atoms with Crippen molar-refractivity contribution in [3.05, 3.63) is 59.9 Å². The minimum Gasteiger partial charge on any atom is -0.453 e. The first-order valence-corrected chi connectivity index (χ1v) is 8.53. The van der Waals surface area contributed by atoms with E-state index in [1.165, 1.54) is 12.8 Å². The van der Waals surface area contributed by atoms with Crippen molar-refractivity contribution < 1.29 is 14.3 Å². The number of piperazine rings is 1. The van der Waals surface area contributed by atoms with Gasteiger partial charge in [-0.25, -0.2) is 4.79 Å².